The molecule has 8 heteroatoms. The SMILES string of the molecule is CCOC(=O)/C(N=Nc1ccc(Cl)cc1)=C(\O)c1c(Cl)cccc1Cl. The second kappa shape index (κ2) is 8.85. The van der Waals surface area contributed by atoms with Crippen LogP contribution in [0.5, 0.6) is 0 Å². The fraction of sp³-hybridized carbons (Fsp3) is 0.118. The zero-order valence-corrected chi connectivity index (χ0v) is 15.3. The first-order chi connectivity index (χ1) is 11.9. The van der Waals surface area contributed by atoms with Crippen LogP contribution in [-0.2, 0) is 9.53 Å². The van der Waals surface area contributed by atoms with Crippen molar-refractivity contribution in [3.8, 4) is 0 Å². The fourth-order valence-electron chi connectivity index (χ4n) is 1.84. The van der Waals surface area contributed by atoms with E-state index >= 15 is 0 Å². The van der Waals surface area contributed by atoms with E-state index in [1.807, 2.05) is 0 Å². The van der Waals surface area contributed by atoms with Gasteiger partial charge in [0.1, 0.15) is 0 Å². The topological polar surface area (TPSA) is 71.2 Å². The van der Waals surface area contributed by atoms with Gasteiger partial charge >= 0.3 is 5.97 Å². The number of ether oxygens (including phenoxy) is 1. The first kappa shape index (κ1) is 19.2. The van der Waals surface area contributed by atoms with E-state index in [4.69, 9.17) is 39.5 Å². The molecule has 130 valence electrons. The Balaban J connectivity index is 2.51. The lowest BCUT2D eigenvalue weighted by Gasteiger charge is -2.09. The van der Waals surface area contributed by atoms with Gasteiger partial charge in [0.2, 0.25) is 5.70 Å². The molecule has 0 spiro atoms. The van der Waals surface area contributed by atoms with Crippen molar-refractivity contribution in [1.29, 1.82) is 0 Å². The summed E-state index contributed by atoms with van der Waals surface area (Å²) < 4.78 is 4.92. The van der Waals surface area contributed by atoms with Crippen LogP contribution >= 0.6 is 34.8 Å². The molecule has 2 aromatic carbocycles. The van der Waals surface area contributed by atoms with Gasteiger partial charge < -0.3 is 9.84 Å². The highest BCUT2D eigenvalue weighted by Gasteiger charge is 2.22. The number of hydrogen-bond donors (Lipinski definition) is 1. The van der Waals surface area contributed by atoms with Gasteiger partial charge in [0, 0.05) is 5.02 Å². The highest BCUT2D eigenvalue weighted by atomic mass is 35.5. The van der Waals surface area contributed by atoms with Crippen molar-refractivity contribution in [1.82, 2.24) is 0 Å². The van der Waals surface area contributed by atoms with Gasteiger partial charge in [-0.15, -0.1) is 5.11 Å². The van der Waals surface area contributed by atoms with Gasteiger partial charge in [0.05, 0.1) is 27.9 Å². The summed E-state index contributed by atoms with van der Waals surface area (Å²) in [6.07, 6.45) is 0. The molecule has 0 aliphatic carbocycles. The van der Waals surface area contributed by atoms with Gasteiger partial charge in [0.15, 0.2) is 5.76 Å². The molecular formula is C17H13Cl3N2O3. The van der Waals surface area contributed by atoms with E-state index in [2.05, 4.69) is 10.2 Å². The molecule has 0 fully saturated rings. The lowest BCUT2D eigenvalue weighted by Crippen LogP contribution is -2.08. The molecule has 0 saturated heterocycles. The van der Waals surface area contributed by atoms with E-state index in [0.29, 0.717) is 10.7 Å². The van der Waals surface area contributed by atoms with Crippen molar-refractivity contribution in [2.45, 2.75) is 6.92 Å². The van der Waals surface area contributed by atoms with Crippen LogP contribution in [0.2, 0.25) is 15.1 Å². The molecule has 25 heavy (non-hydrogen) atoms. The molecule has 0 heterocycles. The molecule has 5 nitrogen and oxygen atoms in total. The van der Waals surface area contributed by atoms with Crippen LogP contribution in [0.1, 0.15) is 12.5 Å². The molecule has 0 saturated carbocycles. The third-order valence-electron chi connectivity index (χ3n) is 2.98. The van der Waals surface area contributed by atoms with E-state index in [1.54, 1.807) is 37.3 Å². The van der Waals surface area contributed by atoms with E-state index < -0.39 is 17.4 Å². The normalized spacial score (nSPS) is 12.2. The largest absolute Gasteiger partial charge is 0.505 e. The maximum absolute atomic E-state index is 12.2. The summed E-state index contributed by atoms with van der Waals surface area (Å²) in [7, 11) is 0. The molecule has 0 amide bonds. The number of carbonyl (C=O) groups is 1. The zero-order chi connectivity index (χ0) is 18.4. The molecule has 0 aliphatic heterocycles. The van der Waals surface area contributed by atoms with Crippen LogP contribution in [0.4, 0.5) is 5.69 Å². The van der Waals surface area contributed by atoms with Gasteiger partial charge in [0.25, 0.3) is 0 Å². The zero-order valence-electron chi connectivity index (χ0n) is 13.0. The van der Waals surface area contributed by atoms with Gasteiger partial charge in [-0.3, -0.25) is 0 Å². The molecule has 2 aromatic rings. The van der Waals surface area contributed by atoms with Crippen LogP contribution in [0.25, 0.3) is 5.76 Å². The van der Waals surface area contributed by atoms with E-state index in [0.717, 1.165) is 0 Å². The molecule has 1 N–H and O–H groups in total. The third-order valence-corrected chi connectivity index (χ3v) is 3.87. The number of aliphatic hydroxyl groups excluding tert-OH is 1. The number of benzene rings is 2. The predicted octanol–water partition coefficient (Wildman–Crippen LogP) is 6.22. The smallest absolute Gasteiger partial charge is 0.362 e. The van der Waals surface area contributed by atoms with Crippen LogP contribution in [0.3, 0.4) is 0 Å². The lowest BCUT2D eigenvalue weighted by molar-refractivity contribution is -0.138. The summed E-state index contributed by atoms with van der Waals surface area (Å²) in [6, 6.07) is 11.1. The van der Waals surface area contributed by atoms with Crippen LogP contribution in [0.15, 0.2) is 58.4 Å². The quantitative estimate of drug-likeness (QED) is 0.281. The molecule has 0 atom stereocenters. The Morgan fingerprint density at radius 1 is 1.08 bits per heavy atom. The summed E-state index contributed by atoms with van der Waals surface area (Å²) >= 11 is 17.9. The monoisotopic (exact) mass is 398 g/mol. The van der Waals surface area contributed by atoms with E-state index in [9.17, 15) is 9.90 Å². The second-order valence-electron chi connectivity index (χ2n) is 4.69. The number of hydrogen-bond acceptors (Lipinski definition) is 5. The lowest BCUT2D eigenvalue weighted by atomic mass is 10.1. The van der Waals surface area contributed by atoms with Crippen LogP contribution < -0.4 is 0 Å². The molecular weight excluding hydrogens is 387 g/mol. The summed E-state index contributed by atoms with van der Waals surface area (Å²) in [6.45, 7) is 1.73. The van der Waals surface area contributed by atoms with E-state index in [1.165, 1.54) is 12.1 Å². The summed E-state index contributed by atoms with van der Waals surface area (Å²) in [4.78, 5) is 12.2. The molecule has 0 aromatic heterocycles. The van der Waals surface area contributed by atoms with Crippen LogP contribution in [0, 0.1) is 0 Å². The van der Waals surface area contributed by atoms with E-state index in [-0.39, 0.29) is 22.2 Å². The summed E-state index contributed by atoms with van der Waals surface area (Å²) in [5.74, 6) is -1.37. The Bertz CT molecular complexity index is 813. The predicted molar refractivity (Wildman–Crippen MR) is 98.6 cm³/mol. The minimum atomic E-state index is -0.853. The average Bonchev–Trinajstić information content (AvgIpc) is 2.57. The maximum atomic E-state index is 12.2. The second-order valence-corrected chi connectivity index (χ2v) is 5.94. The fourth-order valence-corrected chi connectivity index (χ4v) is 2.54. The van der Waals surface area contributed by atoms with Gasteiger partial charge in [-0.05, 0) is 43.3 Å². The molecule has 0 radical (unpaired) electrons. The number of carbonyl (C=O) groups excluding carboxylic acids is 1. The third kappa shape index (κ3) is 4.95. The standard InChI is InChI=1S/C17H13Cl3N2O3/c1-2-25-17(24)15(22-21-11-8-6-10(18)7-9-11)16(23)14-12(19)4-3-5-13(14)20/h3-9,23H,2H2,1H3/b16-15+,22-21?. The van der Waals surface area contributed by atoms with Crippen LogP contribution in [-0.4, -0.2) is 17.7 Å². The molecule has 0 bridgehead atoms. The van der Waals surface area contributed by atoms with Gasteiger partial charge in [-0.25, -0.2) is 4.79 Å². The first-order valence-electron chi connectivity index (χ1n) is 7.16. The Kier molecular flexibility index (Phi) is 6.82. The maximum Gasteiger partial charge on any atom is 0.362 e. The Labute approximate surface area is 159 Å². The van der Waals surface area contributed by atoms with Crippen molar-refractivity contribution in [2.24, 2.45) is 10.2 Å². The average molecular weight is 400 g/mol. The number of esters is 1. The molecule has 0 aliphatic rings. The number of rotatable bonds is 5. The van der Waals surface area contributed by atoms with Crippen molar-refractivity contribution in [3.63, 3.8) is 0 Å². The highest BCUT2D eigenvalue weighted by Crippen LogP contribution is 2.32. The van der Waals surface area contributed by atoms with Gasteiger partial charge in [-0.1, -0.05) is 40.9 Å². The number of nitrogens with zero attached hydrogens (tertiary/aromatic N) is 2. The van der Waals surface area contributed by atoms with Crippen molar-refractivity contribution < 1.29 is 14.6 Å². The Morgan fingerprint density at radius 2 is 1.68 bits per heavy atom. The highest BCUT2D eigenvalue weighted by molar-refractivity contribution is 6.37. The number of azo groups is 1. The minimum absolute atomic E-state index is 0.0731. The summed E-state index contributed by atoms with van der Waals surface area (Å²) in [5, 5.41) is 19.1. The van der Waals surface area contributed by atoms with Crippen molar-refractivity contribution in [2.75, 3.05) is 6.61 Å². The Morgan fingerprint density at radius 3 is 2.24 bits per heavy atom. The number of halogens is 3. The minimum Gasteiger partial charge on any atom is -0.505 e. The summed E-state index contributed by atoms with van der Waals surface area (Å²) in [5.41, 5.74) is 0.0972. The van der Waals surface area contributed by atoms with Gasteiger partial charge in [-0.2, -0.15) is 5.11 Å². The first-order valence-corrected chi connectivity index (χ1v) is 8.29. The van der Waals surface area contributed by atoms with Crippen molar-refractivity contribution in [3.05, 3.63) is 68.8 Å². The molecule has 0 unspecified atom stereocenters. The van der Waals surface area contributed by atoms with Crippen molar-refractivity contribution >= 4 is 52.2 Å². The number of aliphatic hydroxyl groups is 1. The molecule has 2 rings (SSSR count). The Hall–Kier alpha value is -2.08.